The van der Waals surface area contributed by atoms with Crippen molar-refractivity contribution < 1.29 is 14.3 Å². The van der Waals surface area contributed by atoms with Gasteiger partial charge in [0.25, 0.3) is 0 Å². The predicted molar refractivity (Wildman–Crippen MR) is 134 cm³/mol. The lowest BCUT2D eigenvalue weighted by molar-refractivity contribution is 0.208. The lowest BCUT2D eigenvalue weighted by Crippen LogP contribution is -2.50. The number of likely N-dealkylation sites (N-methyl/N-ethyl adjacent to an activating group) is 1. The Kier molecular flexibility index (Phi) is 7.47. The van der Waals surface area contributed by atoms with Crippen LogP contribution in [0.2, 0.25) is 5.02 Å². The Balaban J connectivity index is 1.39. The van der Waals surface area contributed by atoms with Gasteiger partial charge in [-0.2, -0.15) is 0 Å². The third kappa shape index (κ3) is 5.39. The van der Waals surface area contributed by atoms with Gasteiger partial charge in [0.15, 0.2) is 0 Å². The molecule has 2 aliphatic heterocycles. The zero-order valence-electron chi connectivity index (χ0n) is 20.2. The highest BCUT2D eigenvalue weighted by Gasteiger charge is 2.25. The molecular weight excluding hydrogens is 458 g/mol. The van der Waals surface area contributed by atoms with Crippen molar-refractivity contribution in [2.75, 3.05) is 88.7 Å². The number of anilines is 3. The smallest absolute Gasteiger partial charge is 0.322 e. The number of hydrogen-bond donors (Lipinski definition) is 1. The average molecular weight is 490 g/mol. The number of amides is 2. The molecule has 2 saturated heterocycles. The van der Waals surface area contributed by atoms with Crippen LogP contribution in [0, 0.1) is 6.92 Å². The Bertz CT molecular complexity index is 1020. The van der Waals surface area contributed by atoms with Gasteiger partial charge >= 0.3 is 6.03 Å². The largest absolute Gasteiger partial charge is 0.495 e. The molecule has 2 amide bonds. The van der Waals surface area contributed by atoms with E-state index < -0.39 is 0 Å². The van der Waals surface area contributed by atoms with Gasteiger partial charge in [-0.05, 0) is 20.0 Å². The number of aromatic nitrogens is 2. The van der Waals surface area contributed by atoms with E-state index in [1.54, 1.807) is 17.0 Å². The Morgan fingerprint density at radius 1 is 0.882 bits per heavy atom. The average Bonchev–Trinajstić information content (AvgIpc) is 2.84. The molecule has 4 rings (SSSR count). The summed E-state index contributed by atoms with van der Waals surface area (Å²) in [4.78, 5) is 30.9. The molecule has 1 aromatic carbocycles. The van der Waals surface area contributed by atoms with Gasteiger partial charge < -0.3 is 34.4 Å². The lowest BCUT2D eigenvalue weighted by Gasteiger charge is -2.36. The maximum atomic E-state index is 12.9. The van der Waals surface area contributed by atoms with Gasteiger partial charge in [-0.3, -0.25) is 0 Å². The molecule has 2 aliphatic rings. The molecule has 0 bridgehead atoms. The molecule has 11 heteroatoms. The van der Waals surface area contributed by atoms with Crippen LogP contribution >= 0.6 is 11.6 Å². The molecule has 184 valence electrons. The molecule has 0 saturated carbocycles. The molecule has 0 aliphatic carbocycles. The van der Waals surface area contributed by atoms with Crippen LogP contribution in [-0.4, -0.2) is 99.4 Å². The third-order valence-corrected chi connectivity index (χ3v) is 6.54. The summed E-state index contributed by atoms with van der Waals surface area (Å²) in [6.45, 7) is 8.42. The van der Waals surface area contributed by atoms with Gasteiger partial charge in [0.05, 0.1) is 24.9 Å². The van der Waals surface area contributed by atoms with Crippen LogP contribution in [0.25, 0.3) is 0 Å². The fourth-order valence-corrected chi connectivity index (χ4v) is 4.43. The van der Waals surface area contributed by atoms with Gasteiger partial charge in [-0.1, -0.05) is 11.6 Å². The number of carbonyl (C=O) groups is 1. The van der Waals surface area contributed by atoms with Crippen molar-refractivity contribution in [3.05, 3.63) is 29.0 Å². The summed E-state index contributed by atoms with van der Waals surface area (Å²) in [7, 11) is 5.21. The quantitative estimate of drug-likeness (QED) is 0.685. The monoisotopic (exact) mass is 489 g/mol. The van der Waals surface area contributed by atoms with Crippen LogP contribution in [0.5, 0.6) is 11.5 Å². The molecular formula is C23H32ClN7O3. The van der Waals surface area contributed by atoms with E-state index in [2.05, 4.69) is 43.1 Å². The predicted octanol–water partition coefficient (Wildman–Crippen LogP) is 2.56. The molecule has 1 aromatic heterocycles. The molecule has 0 atom stereocenters. The van der Waals surface area contributed by atoms with E-state index in [-0.39, 0.29) is 6.03 Å². The Morgan fingerprint density at radius 3 is 2.00 bits per heavy atom. The summed E-state index contributed by atoms with van der Waals surface area (Å²) in [5.41, 5.74) is 0.504. The van der Waals surface area contributed by atoms with E-state index in [0.717, 1.165) is 43.6 Å². The van der Waals surface area contributed by atoms with E-state index in [0.29, 0.717) is 48.4 Å². The molecule has 34 heavy (non-hydrogen) atoms. The number of urea groups is 1. The van der Waals surface area contributed by atoms with Crippen molar-refractivity contribution in [2.45, 2.75) is 6.92 Å². The molecule has 2 fully saturated rings. The number of benzene rings is 1. The minimum absolute atomic E-state index is 0.198. The fraction of sp³-hybridized carbons (Fsp3) is 0.522. The molecule has 2 aromatic rings. The summed E-state index contributed by atoms with van der Waals surface area (Å²) in [6, 6.07) is 5.16. The van der Waals surface area contributed by atoms with Gasteiger partial charge in [-0.25, -0.2) is 14.8 Å². The maximum absolute atomic E-state index is 12.9. The van der Waals surface area contributed by atoms with E-state index in [4.69, 9.17) is 21.1 Å². The number of halogens is 1. The summed E-state index contributed by atoms with van der Waals surface area (Å²) < 4.78 is 10.6. The second kappa shape index (κ2) is 10.5. The zero-order valence-corrected chi connectivity index (χ0v) is 20.9. The first kappa shape index (κ1) is 24.2. The zero-order chi connectivity index (χ0) is 24.2. The van der Waals surface area contributed by atoms with Crippen molar-refractivity contribution >= 4 is 35.0 Å². The number of aryl methyl sites for hydroxylation is 1. The van der Waals surface area contributed by atoms with Crippen LogP contribution in [0.3, 0.4) is 0 Å². The van der Waals surface area contributed by atoms with E-state index in [1.165, 1.54) is 14.2 Å². The number of nitrogens with one attached hydrogen (secondary N) is 1. The van der Waals surface area contributed by atoms with Gasteiger partial charge in [0.1, 0.15) is 29.0 Å². The number of ether oxygens (including phenoxy) is 2. The summed E-state index contributed by atoms with van der Waals surface area (Å²) >= 11 is 6.23. The molecule has 1 N–H and O–H groups in total. The molecule has 0 radical (unpaired) electrons. The first-order valence-corrected chi connectivity index (χ1v) is 11.8. The van der Waals surface area contributed by atoms with Crippen LogP contribution < -0.4 is 24.6 Å². The highest BCUT2D eigenvalue weighted by Crippen LogP contribution is 2.36. The first-order valence-electron chi connectivity index (χ1n) is 11.4. The summed E-state index contributed by atoms with van der Waals surface area (Å²) in [5, 5.41) is 3.31. The van der Waals surface area contributed by atoms with Crippen LogP contribution in [0.4, 0.5) is 22.1 Å². The lowest BCUT2D eigenvalue weighted by atomic mass is 10.2. The van der Waals surface area contributed by atoms with Gasteiger partial charge in [-0.15, -0.1) is 0 Å². The molecule has 0 unspecified atom stereocenters. The Labute approximate surface area is 205 Å². The molecule has 10 nitrogen and oxygen atoms in total. The number of piperazine rings is 2. The molecule has 3 heterocycles. The van der Waals surface area contributed by atoms with Crippen LogP contribution in [0.15, 0.2) is 18.2 Å². The topological polar surface area (TPSA) is 86.3 Å². The standard InChI is InChI=1S/C23H32ClN7O3/c1-16-25-21(29-7-5-28(2)6-8-29)15-22(26-16)30-9-11-31(12-10-30)23(32)27-18-13-17(24)19(33-3)14-20(18)34-4/h13-15H,5-12H2,1-4H3,(H,27,32). The van der Waals surface area contributed by atoms with Gasteiger partial charge in [0.2, 0.25) is 0 Å². The van der Waals surface area contributed by atoms with Crippen LogP contribution in [-0.2, 0) is 0 Å². The van der Waals surface area contributed by atoms with Crippen molar-refractivity contribution in [3.8, 4) is 11.5 Å². The number of carbonyl (C=O) groups excluding carboxylic acids is 1. The second-order valence-electron chi connectivity index (χ2n) is 8.51. The first-order chi connectivity index (χ1) is 16.4. The SMILES string of the molecule is COc1cc(OC)c(NC(=O)N2CCN(c3cc(N4CCN(C)CC4)nc(C)n3)CC2)cc1Cl. The van der Waals surface area contributed by atoms with Crippen molar-refractivity contribution in [1.82, 2.24) is 19.8 Å². The Morgan fingerprint density at radius 2 is 1.44 bits per heavy atom. The second-order valence-corrected chi connectivity index (χ2v) is 8.92. The van der Waals surface area contributed by atoms with E-state index in [9.17, 15) is 4.79 Å². The number of hydrogen-bond acceptors (Lipinski definition) is 8. The summed E-state index contributed by atoms with van der Waals surface area (Å²) in [5.74, 6) is 3.61. The minimum Gasteiger partial charge on any atom is -0.495 e. The summed E-state index contributed by atoms with van der Waals surface area (Å²) in [6.07, 6.45) is 0. The highest BCUT2D eigenvalue weighted by atomic mass is 35.5. The highest BCUT2D eigenvalue weighted by molar-refractivity contribution is 6.32. The van der Waals surface area contributed by atoms with Crippen molar-refractivity contribution in [1.29, 1.82) is 0 Å². The molecule has 0 spiro atoms. The van der Waals surface area contributed by atoms with E-state index in [1.807, 2.05) is 6.92 Å². The fourth-order valence-electron chi connectivity index (χ4n) is 4.19. The van der Waals surface area contributed by atoms with Crippen molar-refractivity contribution in [3.63, 3.8) is 0 Å². The van der Waals surface area contributed by atoms with Crippen molar-refractivity contribution in [2.24, 2.45) is 0 Å². The van der Waals surface area contributed by atoms with Crippen LogP contribution in [0.1, 0.15) is 5.82 Å². The maximum Gasteiger partial charge on any atom is 0.322 e. The van der Waals surface area contributed by atoms with E-state index >= 15 is 0 Å². The normalized spacial score (nSPS) is 17.0. The number of methoxy groups -OCH3 is 2. The number of rotatable bonds is 5. The Hall–Kier alpha value is -2.98. The third-order valence-electron chi connectivity index (χ3n) is 6.24. The minimum atomic E-state index is -0.198. The van der Waals surface area contributed by atoms with Gasteiger partial charge in [0, 0.05) is 64.5 Å². The number of nitrogens with zero attached hydrogens (tertiary/aromatic N) is 6.